The van der Waals surface area contributed by atoms with Crippen LogP contribution in [-0.4, -0.2) is 167 Å². The van der Waals surface area contributed by atoms with Crippen LogP contribution in [0.4, 0.5) is 0 Å². The first-order valence-electron chi connectivity index (χ1n) is 26.5. The lowest BCUT2D eigenvalue weighted by Crippen LogP contribution is -2.66. The Morgan fingerprint density at radius 3 is 1.62 bits per heavy atom. The molecule has 24 atom stereocenters. The summed E-state index contributed by atoms with van der Waals surface area (Å²) in [5.74, 6) is -0.718. The Bertz CT molecular complexity index is 1910. The van der Waals surface area contributed by atoms with Gasteiger partial charge in [0.25, 0.3) is 0 Å². The van der Waals surface area contributed by atoms with Crippen molar-refractivity contribution >= 4 is 11.8 Å². The van der Waals surface area contributed by atoms with E-state index in [1.54, 1.807) is 55.3 Å². The highest BCUT2D eigenvalue weighted by Crippen LogP contribution is 2.68. The van der Waals surface area contributed by atoms with Gasteiger partial charge in [-0.2, -0.15) is 0 Å². The highest BCUT2D eigenvalue weighted by molar-refractivity contribution is 5.88. The zero-order valence-corrected chi connectivity index (χ0v) is 44.6. The third-order valence-corrected chi connectivity index (χ3v) is 18.8. The molecular formula is C54H86O17. The second-order valence-electron chi connectivity index (χ2n) is 22.5. The molecule has 0 aromatic carbocycles. The average Bonchev–Trinajstić information content (AvgIpc) is 3.63. The zero-order chi connectivity index (χ0) is 51.3. The van der Waals surface area contributed by atoms with Crippen molar-refractivity contribution in [1.82, 2.24) is 0 Å². The van der Waals surface area contributed by atoms with Crippen LogP contribution >= 0.6 is 0 Å². The van der Waals surface area contributed by atoms with Crippen molar-refractivity contribution in [3.63, 3.8) is 0 Å². The monoisotopic (exact) mass is 1010 g/mol. The molecule has 0 spiro atoms. The van der Waals surface area contributed by atoms with Gasteiger partial charge in [-0.05, 0) is 111 Å². The molecule has 7 fully saturated rings. The molecule has 0 radical (unpaired) electrons. The Morgan fingerprint density at radius 1 is 0.662 bits per heavy atom. The van der Waals surface area contributed by atoms with E-state index in [9.17, 15) is 19.8 Å². The summed E-state index contributed by atoms with van der Waals surface area (Å²) in [5, 5.41) is 23.3. The van der Waals surface area contributed by atoms with Crippen LogP contribution < -0.4 is 0 Å². The van der Waals surface area contributed by atoms with E-state index in [-0.39, 0.29) is 65.4 Å². The molecule has 0 bridgehead atoms. The first kappa shape index (κ1) is 55.3. The van der Waals surface area contributed by atoms with Gasteiger partial charge in [-0.3, -0.25) is 4.79 Å². The molecule has 8 rings (SSSR count). The van der Waals surface area contributed by atoms with E-state index in [1.807, 2.05) is 34.6 Å². The quantitative estimate of drug-likeness (QED) is 0.106. The normalized spacial score (nSPS) is 49.3. The highest BCUT2D eigenvalue weighted by atomic mass is 16.8. The molecule has 17 heteroatoms. The second-order valence-corrected chi connectivity index (χ2v) is 22.5. The highest BCUT2D eigenvalue weighted by Gasteiger charge is 2.71. The maximum Gasteiger partial charge on any atom is 0.333 e. The minimum Gasteiger partial charge on any atom is -0.458 e. The van der Waals surface area contributed by atoms with E-state index < -0.39 is 91.1 Å². The number of rotatable bonds is 15. The Morgan fingerprint density at radius 2 is 1.14 bits per heavy atom. The Balaban J connectivity index is 0.855. The average molecular weight is 1010 g/mol. The third kappa shape index (κ3) is 10.5. The summed E-state index contributed by atoms with van der Waals surface area (Å²) in [6.45, 7) is 17.1. The van der Waals surface area contributed by atoms with Crippen LogP contribution in [0.3, 0.4) is 0 Å². The SMILES string of the molecule is C/C=C(\C)C(=O)O[C@@H]1CC2C(CC=C3C[C@@H](O[C@H]4C[C@H](OC)C(O[C@H]5C[C@H](OC)C(O[C@H]6C[C@H](OC)C(O[C@H]7C[C@H](OC)[C@H](O)[C@@H](C)O7)[C@@H](C)O6)[C@@H](C)O5)[C@@H](C)O4)CC[C@@]32C)[C@@]2(O)CC[C@H](C(C)=O)[C@@]12C. The van der Waals surface area contributed by atoms with Crippen LogP contribution in [0, 0.1) is 28.6 Å². The molecule has 404 valence electrons. The van der Waals surface area contributed by atoms with Crippen LogP contribution in [0.15, 0.2) is 23.3 Å². The first-order chi connectivity index (χ1) is 33.7. The molecule has 4 heterocycles. The molecular weight excluding hydrogens is 921 g/mol. The summed E-state index contributed by atoms with van der Waals surface area (Å²) < 4.78 is 81.8. The molecule has 17 nitrogen and oxygen atoms in total. The summed E-state index contributed by atoms with van der Waals surface area (Å²) in [4.78, 5) is 26.5. The summed E-state index contributed by atoms with van der Waals surface area (Å²) in [6.07, 6.45) is 2.27. The van der Waals surface area contributed by atoms with Gasteiger partial charge in [0.2, 0.25) is 0 Å². The molecule has 0 aromatic rings. The van der Waals surface area contributed by atoms with Gasteiger partial charge in [0.15, 0.2) is 25.2 Å². The minimum absolute atomic E-state index is 0.0422. The van der Waals surface area contributed by atoms with Crippen LogP contribution in [0.5, 0.6) is 0 Å². The second kappa shape index (κ2) is 22.3. The van der Waals surface area contributed by atoms with Crippen molar-refractivity contribution in [2.75, 3.05) is 28.4 Å². The van der Waals surface area contributed by atoms with Crippen LogP contribution in [0.25, 0.3) is 0 Å². The third-order valence-electron chi connectivity index (χ3n) is 18.8. The summed E-state index contributed by atoms with van der Waals surface area (Å²) in [7, 11) is 6.56. The van der Waals surface area contributed by atoms with Crippen molar-refractivity contribution in [3.8, 4) is 0 Å². The zero-order valence-electron chi connectivity index (χ0n) is 44.6. The fourth-order valence-corrected chi connectivity index (χ4v) is 14.4. The molecule has 3 saturated carbocycles. The number of allylic oxidation sites excluding steroid dienone is 2. The fraction of sp³-hybridized carbons (Fsp3) is 0.889. The van der Waals surface area contributed by atoms with Gasteiger partial charge in [0.05, 0.1) is 60.5 Å². The number of ether oxygens (including phenoxy) is 13. The fourth-order valence-electron chi connectivity index (χ4n) is 14.4. The lowest BCUT2D eigenvalue weighted by Gasteiger charge is -2.63. The molecule has 4 saturated heterocycles. The van der Waals surface area contributed by atoms with E-state index in [0.29, 0.717) is 56.9 Å². The lowest BCUT2D eigenvalue weighted by molar-refractivity contribution is -0.347. The molecule has 4 aliphatic carbocycles. The number of fused-ring (bicyclic) bond motifs is 5. The van der Waals surface area contributed by atoms with Crippen LogP contribution in [-0.2, 0) is 71.2 Å². The summed E-state index contributed by atoms with van der Waals surface area (Å²) in [5.41, 5.74) is -0.429. The van der Waals surface area contributed by atoms with Crippen molar-refractivity contribution < 1.29 is 81.4 Å². The molecule has 4 aliphatic heterocycles. The van der Waals surface area contributed by atoms with Gasteiger partial charge >= 0.3 is 5.97 Å². The maximum absolute atomic E-state index is 13.4. The predicted octanol–water partition coefficient (Wildman–Crippen LogP) is 6.26. The largest absolute Gasteiger partial charge is 0.458 e. The van der Waals surface area contributed by atoms with E-state index in [2.05, 4.69) is 13.0 Å². The van der Waals surface area contributed by atoms with Crippen molar-refractivity contribution in [1.29, 1.82) is 0 Å². The van der Waals surface area contributed by atoms with E-state index >= 15 is 0 Å². The van der Waals surface area contributed by atoms with Gasteiger partial charge < -0.3 is 71.8 Å². The number of hydrogen-bond donors (Lipinski definition) is 2. The van der Waals surface area contributed by atoms with Crippen molar-refractivity contribution in [2.45, 2.75) is 249 Å². The van der Waals surface area contributed by atoms with E-state index in [4.69, 9.17) is 61.6 Å². The van der Waals surface area contributed by atoms with Gasteiger partial charge in [-0.25, -0.2) is 4.79 Å². The summed E-state index contributed by atoms with van der Waals surface area (Å²) >= 11 is 0. The minimum atomic E-state index is -1.15. The molecule has 71 heavy (non-hydrogen) atoms. The number of carbonyl (C=O) groups excluding carboxylic acids is 2. The van der Waals surface area contributed by atoms with Crippen molar-refractivity contribution in [3.05, 3.63) is 23.3 Å². The van der Waals surface area contributed by atoms with Gasteiger partial charge in [-0.1, -0.05) is 31.6 Å². The number of Topliss-reactive ketones (excluding diaryl/α,β-unsaturated/α-hetero) is 1. The number of aliphatic hydroxyl groups is 2. The Labute approximate surface area is 421 Å². The number of ketones is 1. The molecule has 0 amide bonds. The van der Waals surface area contributed by atoms with E-state index in [0.717, 1.165) is 19.3 Å². The molecule has 2 N–H and O–H groups in total. The van der Waals surface area contributed by atoms with Crippen LogP contribution in [0.2, 0.25) is 0 Å². The molecule has 5 unspecified atom stereocenters. The Kier molecular flexibility index (Phi) is 17.4. The lowest BCUT2D eigenvalue weighted by atomic mass is 9.45. The molecule has 8 aliphatic rings. The first-order valence-corrected chi connectivity index (χ1v) is 26.5. The topological polar surface area (TPSA) is 195 Å². The number of esters is 1. The maximum atomic E-state index is 13.4. The predicted molar refractivity (Wildman–Crippen MR) is 257 cm³/mol. The summed E-state index contributed by atoms with van der Waals surface area (Å²) in [6, 6.07) is 0. The molecule has 0 aromatic heterocycles. The number of hydrogen-bond acceptors (Lipinski definition) is 17. The smallest absolute Gasteiger partial charge is 0.333 e. The van der Waals surface area contributed by atoms with Gasteiger partial charge in [0.1, 0.15) is 36.3 Å². The standard InChI is InChI=1S/C54H86O17/c1-14-27(2)51(57)68-42-22-37-36(54(58)20-18-35(28(3)55)53(42,54)9)16-15-33-21-34(17-19-52(33,37)8)67-43-24-39(60-11)48(30(5)64-43)70-45-26-41(62-13)50(32(7)66-45)71-46-25-40(61-12)49(31(6)65-46)69-44-23-38(59-10)47(56)29(4)63-44/h14-15,29-32,34-50,56,58H,16-26H2,1-13H3/b27-14+/t29-,30-,31-,32-,34+,35-,36?,37?,38+,39+,40+,41+,42-,43+,44+,45+,46+,47-,48?,49?,50?,52+,53+,54+/m1/s1. The van der Waals surface area contributed by atoms with Crippen LogP contribution in [0.1, 0.15) is 133 Å². The van der Waals surface area contributed by atoms with Gasteiger partial charge in [-0.15, -0.1) is 0 Å². The Hall–Kier alpha value is -1.94. The number of aliphatic hydroxyl groups excluding tert-OH is 1. The number of methoxy groups -OCH3 is 4. The van der Waals surface area contributed by atoms with Gasteiger partial charge in [0, 0.05) is 71.0 Å². The van der Waals surface area contributed by atoms with Crippen molar-refractivity contribution in [2.24, 2.45) is 28.6 Å². The van der Waals surface area contributed by atoms with E-state index in [1.165, 1.54) is 5.57 Å². The number of carbonyl (C=O) groups is 2.